The average Bonchev–Trinajstić information content (AvgIpc) is 3.12. The van der Waals surface area contributed by atoms with Crippen molar-refractivity contribution in [2.24, 2.45) is 0 Å². The molecule has 3 aromatic heterocycles. The standard InChI is InChI=1S/C18H16N4O4/c23-17-13-10-22(9-12-3-4-15(26-12)18(24)25)7-5-14(13)20-16(21-17)11-2-1-6-19-8-11/h1-4,6,8H,5,7,9-10H2,(H,24,25)(H,20,21,23). The lowest BCUT2D eigenvalue weighted by molar-refractivity contribution is 0.0658. The molecule has 3 aromatic rings. The molecule has 2 N–H and O–H groups in total. The van der Waals surface area contributed by atoms with Gasteiger partial charge in [-0.25, -0.2) is 9.78 Å². The first-order valence-electron chi connectivity index (χ1n) is 8.17. The van der Waals surface area contributed by atoms with Crippen molar-refractivity contribution < 1.29 is 14.3 Å². The van der Waals surface area contributed by atoms with Crippen LogP contribution in [0.5, 0.6) is 0 Å². The van der Waals surface area contributed by atoms with E-state index >= 15 is 0 Å². The number of nitrogens with one attached hydrogen (secondary N) is 1. The third-order valence-electron chi connectivity index (χ3n) is 4.33. The molecule has 0 bridgehead atoms. The van der Waals surface area contributed by atoms with Crippen LogP contribution in [0.3, 0.4) is 0 Å². The molecule has 8 nitrogen and oxygen atoms in total. The maximum Gasteiger partial charge on any atom is 0.371 e. The van der Waals surface area contributed by atoms with Gasteiger partial charge in [-0.1, -0.05) is 0 Å². The first-order chi connectivity index (χ1) is 12.6. The van der Waals surface area contributed by atoms with Crippen molar-refractivity contribution in [3.05, 3.63) is 69.8 Å². The molecule has 0 aromatic carbocycles. The summed E-state index contributed by atoms with van der Waals surface area (Å²) in [7, 11) is 0. The van der Waals surface area contributed by atoms with Gasteiger partial charge in [0.2, 0.25) is 5.76 Å². The number of carbonyl (C=O) groups is 1. The smallest absolute Gasteiger partial charge is 0.371 e. The summed E-state index contributed by atoms with van der Waals surface area (Å²) in [6.45, 7) is 1.59. The maximum absolute atomic E-state index is 12.5. The molecule has 4 rings (SSSR count). The van der Waals surface area contributed by atoms with Gasteiger partial charge in [-0.3, -0.25) is 14.7 Å². The molecule has 26 heavy (non-hydrogen) atoms. The Hall–Kier alpha value is -3.26. The number of nitrogens with zero attached hydrogens (tertiary/aromatic N) is 3. The largest absolute Gasteiger partial charge is 0.475 e. The Morgan fingerprint density at radius 2 is 2.23 bits per heavy atom. The molecule has 0 amide bonds. The summed E-state index contributed by atoms with van der Waals surface area (Å²) in [6.07, 6.45) is 3.97. The minimum Gasteiger partial charge on any atom is -0.475 e. The number of carboxylic acids is 1. The predicted octanol–water partition coefficient (Wildman–Crippen LogP) is 1.68. The number of carboxylic acid groups (broad SMARTS) is 1. The number of furan rings is 1. The number of aromatic amines is 1. The van der Waals surface area contributed by atoms with Crippen molar-refractivity contribution >= 4 is 5.97 Å². The molecule has 1 aliphatic heterocycles. The highest BCUT2D eigenvalue weighted by molar-refractivity contribution is 5.84. The van der Waals surface area contributed by atoms with Gasteiger partial charge in [0.1, 0.15) is 11.6 Å². The van der Waals surface area contributed by atoms with Crippen LogP contribution in [0.2, 0.25) is 0 Å². The zero-order chi connectivity index (χ0) is 18.1. The van der Waals surface area contributed by atoms with Gasteiger partial charge in [-0.15, -0.1) is 0 Å². The molecule has 4 heterocycles. The Morgan fingerprint density at radius 3 is 2.96 bits per heavy atom. The van der Waals surface area contributed by atoms with E-state index in [0.29, 0.717) is 43.2 Å². The summed E-state index contributed by atoms with van der Waals surface area (Å²) in [5.74, 6) is -0.100. The number of pyridine rings is 1. The summed E-state index contributed by atoms with van der Waals surface area (Å²) in [6, 6.07) is 6.73. The van der Waals surface area contributed by atoms with Gasteiger partial charge < -0.3 is 14.5 Å². The van der Waals surface area contributed by atoms with Crippen LogP contribution in [-0.2, 0) is 19.5 Å². The van der Waals surface area contributed by atoms with Gasteiger partial charge in [0.15, 0.2) is 0 Å². The molecule has 0 saturated carbocycles. The molecule has 0 saturated heterocycles. The van der Waals surface area contributed by atoms with E-state index in [1.54, 1.807) is 24.5 Å². The Balaban J connectivity index is 1.55. The molecule has 0 unspecified atom stereocenters. The van der Waals surface area contributed by atoms with Gasteiger partial charge in [0.25, 0.3) is 5.56 Å². The van der Waals surface area contributed by atoms with E-state index in [9.17, 15) is 9.59 Å². The van der Waals surface area contributed by atoms with Crippen LogP contribution in [0, 0.1) is 0 Å². The molecule has 0 aliphatic carbocycles. The monoisotopic (exact) mass is 352 g/mol. The molecular weight excluding hydrogens is 336 g/mol. The van der Waals surface area contributed by atoms with E-state index in [1.807, 2.05) is 11.0 Å². The fraction of sp³-hybridized carbons (Fsp3) is 0.222. The van der Waals surface area contributed by atoms with Crippen LogP contribution < -0.4 is 5.56 Å². The van der Waals surface area contributed by atoms with Crippen molar-refractivity contribution in [1.82, 2.24) is 19.9 Å². The minimum atomic E-state index is -1.09. The lowest BCUT2D eigenvalue weighted by Crippen LogP contribution is -2.35. The van der Waals surface area contributed by atoms with Crippen molar-refractivity contribution in [1.29, 1.82) is 0 Å². The molecule has 0 spiro atoms. The highest BCUT2D eigenvalue weighted by Crippen LogP contribution is 2.20. The van der Waals surface area contributed by atoms with E-state index in [4.69, 9.17) is 9.52 Å². The summed E-state index contributed by atoms with van der Waals surface area (Å²) < 4.78 is 5.29. The highest BCUT2D eigenvalue weighted by Gasteiger charge is 2.22. The van der Waals surface area contributed by atoms with Gasteiger partial charge in [0.05, 0.1) is 17.8 Å². The number of rotatable bonds is 4. The van der Waals surface area contributed by atoms with Gasteiger partial charge in [0, 0.05) is 37.5 Å². The maximum atomic E-state index is 12.5. The van der Waals surface area contributed by atoms with Crippen LogP contribution in [0.15, 0.2) is 45.9 Å². The van der Waals surface area contributed by atoms with Crippen LogP contribution in [0.4, 0.5) is 0 Å². The molecule has 8 heteroatoms. The molecule has 0 fully saturated rings. The Morgan fingerprint density at radius 1 is 1.35 bits per heavy atom. The molecule has 132 valence electrons. The number of fused-ring (bicyclic) bond motifs is 1. The number of H-pyrrole nitrogens is 1. The van der Waals surface area contributed by atoms with E-state index in [2.05, 4.69) is 15.0 Å². The Bertz CT molecular complexity index is 1010. The van der Waals surface area contributed by atoms with Crippen LogP contribution in [-0.4, -0.2) is 37.5 Å². The molecule has 1 aliphatic rings. The molecule has 0 atom stereocenters. The van der Waals surface area contributed by atoms with Gasteiger partial charge in [-0.2, -0.15) is 0 Å². The fourth-order valence-corrected chi connectivity index (χ4v) is 3.05. The van der Waals surface area contributed by atoms with Crippen molar-refractivity contribution in [3.8, 4) is 11.4 Å². The number of hydrogen-bond acceptors (Lipinski definition) is 6. The lowest BCUT2D eigenvalue weighted by atomic mass is 10.1. The quantitative estimate of drug-likeness (QED) is 0.734. The first kappa shape index (κ1) is 16.2. The predicted molar refractivity (Wildman–Crippen MR) is 91.6 cm³/mol. The van der Waals surface area contributed by atoms with Crippen molar-refractivity contribution in [2.75, 3.05) is 6.54 Å². The Labute approximate surface area is 148 Å². The third-order valence-corrected chi connectivity index (χ3v) is 4.33. The van der Waals surface area contributed by atoms with E-state index in [-0.39, 0.29) is 11.3 Å². The third kappa shape index (κ3) is 3.14. The highest BCUT2D eigenvalue weighted by atomic mass is 16.4. The fourth-order valence-electron chi connectivity index (χ4n) is 3.05. The van der Waals surface area contributed by atoms with E-state index in [0.717, 1.165) is 11.3 Å². The topological polar surface area (TPSA) is 112 Å². The zero-order valence-electron chi connectivity index (χ0n) is 13.8. The minimum absolute atomic E-state index is 0.0852. The van der Waals surface area contributed by atoms with Crippen LogP contribution >= 0.6 is 0 Å². The number of aromatic carboxylic acids is 1. The normalized spacial score (nSPS) is 14.2. The van der Waals surface area contributed by atoms with Crippen molar-refractivity contribution in [2.45, 2.75) is 19.5 Å². The second kappa shape index (κ2) is 6.57. The van der Waals surface area contributed by atoms with Gasteiger partial charge in [-0.05, 0) is 24.3 Å². The van der Waals surface area contributed by atoms with Crippen LogP contribution in [0.25, 0.3) is 11.4 Å². The summed E-state index contributed by atoms with van der Waals surface area (Å²) in [5, 5.41) is 8.93. The Kier molecular flexibility index (Phi) is 4.10. The lowest BCUT2D eigenvalue weighted by Gasteiger charge is -2.26. The second-order valence-corrected chi connectivity index (χ2v) is 6.11. The molecular formula is C18H16N4O4. The van der Waals surface area contributed by atoms with Crippen molar-refractivity contribution in [3.63, 3.8) is 0 Å². The number of hydrogen-bond donors (Lipinski definition) is 2. The van der Waals surface area contributed by atoms with E-state index < -0.39 is 5.97 Å². The second-order valence-electron chi connectivity index (χ2n) is 6.11. The zero-order valence-corrected chi connectivity index (χ0v) is 13.8. The van der Waals surface area contributed by atoms with E-state index in [1.165, 1.54) is 6.07 Å². The van der Waals surface area contributed by atoms with Gasteiger partial charge >= 0.3 is 5.97 Å². The molecule has 0 radical (unpaired) electrons. The summed E-state index contributed by atoms with van der Waals surface area (Å²) in [4.78, 5) is 36.9. The number of aromatic nitrogens is 3. The average molecular weight is 352 g/mol. The van der Waals surface area contributed by atoms with Crippen LogP contribution in [0.1, 0.15) is 27.6 Å². The SMILES string of the molecule is O=C(O)c1ccc(CN2CCc3nc(-c4cccnc4)[nH]c(=O)c3C2)o1. The first-order valence-corrected chi connectivity index (χ1v) is 8.17. The summed E-state index contributed by atoms with van der Waals surface area (Å²) in [5.41, 5.74) is 2.03. The summed E-state index contributed by atoms with van der Waals surface area (Å²) >= 11 is 0.